The van der Waals surface area contributed by atoms with Crippen LogP contribution < -0.4 is 5.32 Å². The van der Waals surface area contributed by atoms with Crippen molar-refractivity contribution in [3.63, 3.8) is 0 Å². The third-order valence-electron chi connectivity index (χ3n) is 1.45. The number of nitrogens with one attached hydrogen (secondary N) is 1. The first-order valence-electron chi connectivity index (χ1n) is 4.09. The Morgan fingerprint density at radius 2 is 2.00 bits per heavy atom. The number of rotatable bonds is 3. The third kappa shape index (κ3) is 3.95. The van der Waals surface area contributed by atoms with Crippen molar-refractivity contribution < 1.29 is 14.3 Å². The normalized spacial score (nSPS) is 11.9. The first kappa shape index (κ1) is 10.9. The Hall–Kier alpha value is -1.06. The number of ether oxygens (including phenoxy) is 1. The smallest absolute Gasteiger partial charge is 0.396 e. The lowest BCUT2D eigenvalue weighted by Crippen LogP contribution is -2.38. The summed E-state index contributed by atoms with van der Waals surface area (Å²) in [5, 5.41) is 2.50. The molecule has 1 atom stereocenters. The van der Waals surface area contributed by atoms with Gasteiger partial charge in [-0.3, -0.25) is 4.79 Å². The van der Waals surface area contributed by atoms with E-state index >= 15 is 0 Å². The van der Waals surface area contributed by atoms with E-state index in [2.05, 4.69) is 10.1 Å². The summed E-state index contributed by atoms with van der Waals surface area (Å²) in [6.45, 7) is 5.65. The van der Waals surface area contributed by atoms with Crippen LogP contribution in [0.2, 0.25) is 0 Å². The van der Waals surface area contributed by atoms with Crippen LogP contribution in [0.15, 0.2) is 0 Å². The van der Waals surface area contributed by atoms with Crippen LogP contribution in [0.4, 0.5) is 0 Å². The summed E-state index contributed by atoms with van der Waals surface area (Å²) in [7, 11) is 0. The fourth-order valence-electron chi connectivity index (χ4n) is 0.581. The monoisotopic (exact) mass is 173 g/mol. The highest BCUT2D eigenvalue weighted by Crippen LogP contribution is 1.88. The van der Waals surface area contributed by atoms with E-state index in [9.17, 15) is 9.59 Å². The predicted molar refractivity (Wildman–Crippen MR) is 44.5 cm³/mol. The molecule has 0 saturated carbocycles. The molecule has 0 spiro atoms. The van der Waals surface area contributed by atoms with Crippen LogP contribution >= 0.6 is 0 Å². The van der Waals surface area contributed by atoms with Crippen LogP contribution in [0.25, 0.3) is 0 Å². The third-order valence-corrected chi connectivity index (χ3v) is 1.45. The zero-order valence-electron chi connectivity index (χ0n) is 7.72. The lowest BCUT2D eigenvalue weighted by atomic mass is 10.2. The molecule has 0 aliphatic carbocycles. The molecule has 0 rings (SSSR count). The van der Waals surface area contributed by atoms with Crippen LogP contribution in [-0.2, 0) is 14.3 Å². The van der Waals surface area contributed by atoms with Crippen molar-refractivity contribution in [2.75, 3.05) is 6.61 Å². The molecule has 0 aliphatic rings. The van der Waals surface area contributed by atoms with Gasteiger partial charge in [0, 0.05) is 6.04 Å². The van der Waals surface area contributed by atoms with Crippen LogP contribution in [-0.4, -0.2) is 24.5 Å². The molecule has 4 heteroatoms. The largest absolute Gasteiger partial charge is 0.459 e. The molecule has 1 unspecified atom stereocenters. The fourth-order valence-corrected chi connectivity index (χ4v) is 0.581. The summed E-state index contributed by atoms with van der Waals surface area (Å²) in [5.74, 6) is -1.47. The highest BCUT2D eigenvalue weighted by Gasteiger charge is 2.15. The van der Waals surface area contributed by atoms with Crippen LogP contribution in [0, 0.1) is 0 Å². The van der Waals surface area contributed by atoms with Gasteiger partial charge in [-0.2, -0.15) is 0 Å². The van der Waals surface area contributed by atoms with Crippen molar-refractivity contribution in [3.05, 3.63) is 0 Å². The first-order valence-corrected chi connectivity index (χ1v) is 4.09. The maximum atomic E-state index is 10.9. The standard InChI is InChI=1S/C8H15NO3/c1-4-6(3)9-7(10)8(11)12-5-2/h6H,4-5H2,1-3H3,(H,9,10). The van der Waals surface area contributed by atoms with Crippen molar-refractivity contribution >= 4 is 11.9 Å². The Kier molecular flexibility index (Phi) is 5.08. The van der Waals surface area contributed by atoms with Gasteiger partial charge in [0.05, 0.1) is 6.61 Å². The molecule has 0 aromatic carbocycles. The zero-order valence-corrected chi connectivity index (χ0v) is 7.72. The second-order valence-corrected chi connectivity index (χ2v) is 2.50. The summed E-state index contributed by atoms with van der Waals surface area (Å²) < 4.78 is 4.50. The zero-order chi connectivity index (χ0) is 9.56. The minimum atomic E-state index is -0.808. The summed E-state index contributed by atoms with van der Waals surface area (Å²) in [5.41, 5.74) is 0. The molecule has 12 heavy (non-hydrogen) atoms. The van der Waals surface area contributed by atoms with Crippen LogP contribution in [0.3, 0.4) is 0 Å². The van der Waals surface area contributed by atoms with Gasteiger partial charge in [0.15, 0.2) is 0 Å². The van der Waals surface area contributed by atoms with E-state index in [1.807, 2.05) is 13.8 Å². The molecule has 70 valence electrons. The lowest BCUT2D eigenvalue weighted by molar-refractivity contribution is -0.154. The topological polar surface area (TPSA) is 55.4 Å². The molecule has 0 fully saturated rings. The quantitative estimate of drug-likeness (QED) is 0.498. The van der Waals surface area contributed by atoms with E-state index in [4.69, 9.17) is 0 Å². The second-order valence-electron chi connectivity index (χ2n) is 2.50. The highest BCUT2D eigenvalue weighted by atomic mass is 16.5. The molecule has 4 nitrogen and oxygen atoms in total. The van der Waals surface area contributed by atoms with Gasteiger partial charge in [0.1, 0.15) is 0 Å². The number of carbonyl (C=O) groups excluding carboxylic acids is 2. The summed E-state index contributed by atoms with van der Waals surface area (Å²) in [6.07, 6.45) is 0.797. The molecule has 0 aromatic rings. The van der Waals surface area contributed by atoms with E-state index in [0.717, 1.165) is 6.42 Å². The molecule has 1 N–H and O–H groups in total. The SMILES string of the molecule is CCOC(=O)C(=O)NC(C)CC. The van der Waals surface area contributed by atoms with E-state index < -0.39 is 11.9 Å². The van der Waals surface area contributed by atoms with Gasteiger partial charge in [-0.1, -0.05) is 6.92 Å². The van der Waals surface area contributed by atoms with Crippen molar-refractivity contribution in [2.24, 2.45) is 0 Å². The Morgan fingerprint density at radius 3 is 2.42 bits per heavy atom. The number of hydrogen-bond donors (Lipinski definition) is 1. The van der Waals surface area contributed by atoms with Gasteiger partial charge in [-0.05, 0) is 20.3 Å². The van der Waals surface area contributed by atoms with Crippen LogP contribution in [0.5, 0.6) is 0 Å². The van der Waals surface area contributed by atoms with Crippen molar-refractivity contribution in [1.29, 1.82) is 0 Å². The van der Waals surface area contributed by atoms with E-state index in [-0.39, 0.29) is 12.6 Å². The van der Waals surface area contributed by atoms with Gasteiger partial charge >= 0.3 is 11.9 Å². The molecule has 0 bridgehead atoms. The van der Waals surface area contributed by atoms with Crippen molar-refractivity contribution in [3.8, 4) is 0 Å². The number of amides is 1. The summed E-state index contributed by atoms with van der Waals surface area (Å²) in [6, 6.07) is 0.0157. The number of hydrogen-bond acceptors (Lipinski definition) is 3. The maximum absolute atomic E-state index is 10.9. The molecular weight excluding hydrogens is 158 g/mol. The minimum absolute atomic E-state index is 0.0157. The van der Waals surface area contributed by atoms with E-state index in [1.165, 1.54) is 0 Å². The summed E-state index contributed by atoms with van der Waals surface area (Å²) >= 11 is 0. The Labute approximate surface area is 72.3 Å². The van der Waals surface area contributed by atoms with Crippen molar-refractivity contribution in [2.45, 2.75) is 33.2 Å². The van der Waals surface area contributed by atoms with Crippen molar-refractivity contribution in [1.82, 2.24) is 5.32 Å². The molecule has 0 heterocycles. The fraction of sp³-hybridized carbons (Fsp3) is 0.750. The molecular formula is C8H15NO3. The Morgan fingerprint density at radius 1 is 1.42 bits per heavy atom. The predicted octanol–water partition coefficient (Wildman–Crippen LogP) is 0.464. The van der Waals surface area contributed by atoms with Gasteiger partial charge in [0.25, 0.3) is 0 Å². The number of carbonyl (C=O) groups is 2. The minimum Gasteiger partial charge on any atom is -0.459 e. The number of esters is 1. The van der Waals surface area contributed by atoms with Gasteiger partial charge in [-0.15, -0.1) is 0 Å². The Balaban J connectivity index is 3.79. The van der Waals surface area contributed by atoms with Gasteiger partial charge < -0.3 is 10.1 Å². The summed E-state index contributed by atoms with van der Waals surface area (Å²) in [4.78, 5) is 21.7. The lowest BCUT2D eigenvalue weighted by Gasteiger charge is -2.09. The maximum Gasteiger partial charge on any atom is 0.396 e. The van der Waals surface area contributed by atoms with E-state index in [0.29, 0.717) is 0 Å². The molecule has 1 amide bonds. The van der Waals surface area contributed by atoms with Crippen LogP contribution in [0.1, 0.15) is 27.2 Å². The van der Waals surface area contributed by atoms with Gasteiger partial charge in [-0.25, -0.2) is 4.79 Å². The molecule has 0 aromatic heterocycles. The van der Waals surface area contributed by atoms with E-state index in [1.54, 1.807) is 6.92 Å². The Bertz CT molecular complexity index is 168. The average Bonchev–Trinajstić information content (AvgIpc) is 2.04. The first-order chi connectivity index (χ1) is 5.61. The molecule has 0 radical (unpaired) electrons. The average molecular weight is 173 g/mol. The molecule has 0 aliphatic heterocycles. The van der Waals surface area contributed by atoms with Gasteiger partial charge in [0.2, 0.25) is 0 Å². The molecule has 0 saturated heterocycles. The second kappa shape index (κ2) is 5.57. The highest BCUT2D eigenvalue weighted by molar-refractivity contribution is 6.32.